The molecule has 0 bridgehead atoms. The minimum absolute atomic E-state index is 0. The Hall–Kier alpha value is -1.02. The van der Waals surface area contributed by atoms with Crippen molar-refractivity contribution in [3.05, 3.63) is 44.0 Å². The quantitative estimate of drug-likeness (QED) is 0.637. The van der Waals surface area contributed by atoms with Gasteiger partial charge < -0.3 is 4.57 Å². The van der Waals surface area contributed by atoms with Gasteiger partial charge in [-0.25, -0.2) is 4.98 Å². The summed E-state index contributed by atoms with van der Waals surface area (Å²) in [4.78, 5) is 3.91. The molecule has 0 fully saturated rings. The molecule has 1 rings (SSSR count). The zero-order valence-corrected chi connectivity index (χ0v) is 7.00. The van der Waals surface area contributed by atoms with E-state index in [2.05, 4.69) is 18.1 Å². The van der Waals surface area contributed by atoms with Gasteiger partial charge in [-0.3, -0.25) is 0 Å². The van der Waals surface area contributed by atoms with E-state index in [1.165, 1.54) is 0 Å². The van der Waals surface area contributed by atoms with Crippen molar-refractivity contribution >= 4 is 12.4 Å². The highest BCUT2D eigenvalue weighted by molar-refractivity contribution is 5.85. The van der Waals surface area contributed by atoms with Gasteiger partial charge in [-0.15, -0.1) is 25.6 Å². The van der Waals surface area contributed by atoms with Gasteiger partial charge in [0.1, 0.15) is 0 Å². The van der Waals surface area contributed by atoms with Crippen LogP contribution in [0.25, 0.3) is 0 Å². The maximum absolute atomic E-state index is 3.91. The number of imidazole rings is 1. The molecule has 0 spiro atoms. The highest BCUT2D eigenvalue weighted by Crippen LogP contribution is 2.06. The number of halogens is 1. The molecular formula is C8H11ClN2. The third kappa shape index (κ3) is 2.24. The van der Waals surface area contributed by atoms with E-state index in [9.17, 15) is 0 Å². The van der Waals surface area contributed by atoms with Crippen LogP contribution in [0.1, 0.15) is 6.04 Å². The van der Waals surface area contributed by atoms with Crippen LogP contribution in [0.4, 0.5) is 0 Å². The number of hydrogen-bond donors (Lipinski definition) is 0. The van der Waals surface area contributed by atoms with Crippen LogP contribution < -0.4 is 0 Å². The summed E-state index contributed by atoms with van der Waals surface area (Å²) in [5, 5.41) is 0. The van der Waals surface area contributed by atoms with Crippen LogP contribution in [-0.2, 0) is 0 Å². The summed E-state index contributed by atoms with van der Waals surface area (Å²) in [5.74, 6) is 0. The lowest BCUT2D eigenvalue weighted by atomic mass is 10.3. The van der Waals surface area contributed by atoms with Crippen LogP contribution in [0.3, 0.4) is 0 Å². The van der Waals surface area contributed by atoms with Gasteiger partial charge in [0.25, 0.3) is 0 Å². The number of rotatable bonds is 3. The Morgan fingerprint density at radius 3 is 2.36 bits per heavy atom. The van der Waals surface area contributed by atoms with E-state index in [4.69, 9.17) is 0 Å². The predicted octanol–water partition coefficient (Wildman–Crippen LogP) is 2.22. The minimum atomic E-state index is 0. The predicted molar refractivity (Wildman–Crippen MR) is 48.9 cm³/mol. The van der Waals surface area contributed by atoms with Crippen molar-refractivity contribution in [3.63, 3.8) is 0 Å². The first-order chi connectivity index (χ1) is 4.88. The Morgan fingerprint density at radius 2 is 2.00 bits per heavy atom. The van der Waals surface area contributed by atoms with Gasteiger partial charge in [0.2, 0.25) is 0 Å². The summed E-state index contributed by atoms with van der Waals surface area (Å²) in [6.07, 6.45) is 8.99. The third-order valence-corrected chi connectivity index (χ3v) is 1.35. The van der Waals surface area contributed by atoms with Gasteiger partial charge in [0, 0.05) is 12.4 Å². The molecule has 0 radical (unpaired) electrons. The highest BCUT2D eigenvalue weighted by Gasteiger charge is 1.96. The highest BCUT2D eigenvalue weighted by atomic mass is 35.5. The van der Waals surface area contributed by atoms with E-state index in [0.717, 1.165) is 0 Å². The molecular weight excluding hydrogens is 160 g/mol. The third-order valence-electron chi connectivity index (χ3n) is 1.35. The average molecular weight is 171 g/mol. The first-order valence-electron chi connectivity index (χ1n) is 3.11. The summed E-state index contributed by atoms with van der Waals surface area (Å²) >= 11 is 0. The Bertz CT molecular complexity index is 208. The van der Waals surface area contributed by atoms with Crippen molar-refractivity contribution < 1.29 is 0 Å². The molecule has 0 aliphatic rings. The monoisotopic (exact) mass is 170 g/mol. The molecule has 3 heteroatoms. The van der Waals surface area contributed by atoms with E-state index < -0.39 is 0 Å². The first-order valence-corrected chi connectivity index (χ1v) is 3.11. The molecule has 2 nitrogen and oxygen atoms in total. The summed E-state index contributed by atoms with van der Waals surface area (Å²) in [7, 11) is 0. The number of nitrogens with zero attached hydrogens (tertiary/aromatic N) is 2. The van der Waals surface area contributed by atoms with Crippen LogP contribution in [0.15, 0.2) is 44.0 Å². The lowest BCUT2D eigenvalue weighted by Gasteiger charge is -2.06. The van der Waals surface area contributed by atoms with Crippen molar-refractivity contribution in [3.8, 4) is 0 Å². The average Bonchev–Trinajstić information content (AvgIpc) is 2.43. The van der Waals surface area contributed by atoms with E-state index in [0.29, 0.717) is 0 Å². The second-order valence-corrected chi connectivity index (χ2v) is 1.97. The van der Waals surface area contributed by atoms with Crippen LogP contribution in [0.5, 0.6) is 0 Å². The molecule has 0 unspecified atom stereocenters. The van der Waals surface area contributed by atoms with Crippen LogP contribution in [0, 0.1) is 0 Å². The Labute approximate surface area is 72.7 Å². The normalized spacial score (nSPS) is 8.82. The van der Waals surface area contributed by atoms with Gasteiger partial charge in [0.15, 0.2) is 0 Å². The molecule has 0 aliphatic carbocycles. The molecule has 0 N–H and O–H groups in total. The maximum atomic E-state index is 3.91. The van der Waals surface area contributed by atoms with Crippen LogP contribution in [-0.4, -0.2) is 9.55 Å². The minimum Gasteiger partial charge on any atom is -0.327 e. The standard InChI is InChI=1S/C8H10N2.ClH/c1-3-8(4-2)10-6-5-9-7-10;/h3-8H,1-2H2;1H. The van der Waals surface area contributed by atoms with E-state index in [1.54, 1.807) is 12.5 Å². The Morgan fingerprint density at radius 1 is 1.36 bits per heavy atom. The largest absolute Gasteiger partial charge is 0.327 e. The summed E-state index contributed by atoms with van der Waals surface area (Å²) < 4.78 is 1.93. The molecule has 0 saturated carbocycles. The molecule has 1 aromatic rings. The molecule has 1 aromatic heterocycles. The second-order valence-electron chi connectivity index (χ2n) is 1.97. The molecule has 1 heterocycles. The lowest BCUT2D eigenvalue weighted by molar-refractivity contribution is 0.724. The van der Waals surface area contributed by atoms with Crippen LogP contribution >= 0.6 is 12.4 Å². The van der Waals surface area contributed by atoms with E-state index >= 15 is 0 Å². The second kappa shape index (κ2) is 4.74. The summed E-state index contributed by atoms with van der Waals surface area (Å²) in [6, 6.07) is 0.169. The Kier molecular flexibility index (Phi) is 4.30. The molecule has 60 valence electrons. The van der Waals surface area contributed by atoms with Gasteiger partial charge in [0.05, 0.1) is 12.4 Å². The van der Waals surface area contributed by atoms with Crippen molar-refractivity contribution in [1.29, 1.82) is 0 Å². The zero-order valence-electron chi connectivity index (χ0n) is 6.18. The zero-order chi connectivity index (χ0) is 7.40. The fraction of sp³-hybridized carbons (Fsp3) is 0.125. The molecule has 0 amide bonds. The van der Waals surface area contributed by atoms with Crippen molar-refractivity contribution in [1.82, 2.24) is 9.55 Å². The topological polar surface area (TPSA) is 17.8 Å². The van der Waals surface area contributed by atoms with Crippen LogP contribution in [0.2, 0.25) is 0 Å². The van der Waals surface area contributed by atoms with Gasteiger partial charge in [-0.2, -0.15) is 0 Å². The van der Waals surface area contributed by atoms with Gasteiger partial charge in [-0.05, 0) is 0 Å². The molecule has 0 saturated heterocycles. The Balaban J connectivity index is 0.000001000. The molecule has 0 aromatic carbocycles. The number of hydrogen-bond acceptors (Lipinski definition) is 1. The van der Waals surface area contributed by atoms with Gasteiger partial charge in [-0.1, -0.05) is 12.2 Å². The van der Waals surface area contributed by atoms with Gasteiger partial charge >= 0.3 is 0 Å². The number of aromatic nitrogens is 2. The van der Waals surface area contributed by atoms with Crippen molar-refractivity contribution in [2.75, 3.05) is 0 Å². The fourth-order valence-corrected chi connectivity index (χ4v) is 0.785. The van der Waals surface area contributed by atoms with E-state index in [1.807, 2.05) is 22.9 Å². The molecule has 0 aliphatic heterocycles. The first kappa shape index (κ1) is 9.98. The molecule has 0 atom stereocenters. The lowest BCUT2D eigenvalue weighted by Crippen LogP contribution is -1.98. The van der Waals surface area contributed by atoms with E-state index in [-0.39, 0.29) is 18.4 Å². The SMILES string of the molecule is C=CC(C=C)n1ccnc1.Cl. The summed E-state index contributed by atoms with van der Waals surface area (Å²) in [5.41, 5.74) is 0. The smallest absolute Gasteiger partial charge is 0.0954 e. The summed E-state index contributed by atoms with van der Waals surface area (Å²) in [6.45, 7) is 7.34. The number of allylic oxidation sites excluding steroid dienone is 2. The maximum Gasteiger partial charge on any atom is 0.0954 e. The molecule has 11 heavy (non-hydrogen) atoms. The van der Waals surface area contributed by atoms with Crippen molar-refractivity contribution in [2.24, 2.45) is 0 Å². The fourth-order valence-electron chi connectivity index (χ4n) is 0.785. The van der Waals surface area contributed by atoms with Crippen molar-refractivity contribution in [2.45, 2.75) is 6.04 Å².